The number of ketones is 1. The summed E-state index contributed by atoms with van der Waals surface area (Å²) >= 11 is 3.37. The zero-order valence-electron chi connectivity index (χ0n) is 11.8. The minimum Gasteiger partial charge on any atom is -0.360 e. The summed E-state index contributed by atoms with van der Waals surface area (Å²) in [6.07, 6.45) is 1.57. The van der Waals surface area contributed by atoms with Crippen LogP contribution in [0.4, 0.5) is 5.69 Å². The fourth-order valence-corrected chi connectivity index (χ4v) is 2.80. The molecule has 4 nitrogen and oxygen atoms in total. The number of rotatable bonds is 3. The second-order valence-electron chi connectivity index (χ2n) is 4.99. The maximum absolute atomic E-state index is 12.4. The molecule has 5 heteroatoms. The second kappa shape index (κ2) is 5.77. The molecule has 0 radical (unpaired) electrons. The Morgan fingerprint density at radius 2 is 1.91 bits per heavy atom. The first-order valence-corrected chi connectivity index (χ1v) is 7.53. The second-order valence-corrected chi connectivity index (χ2v) is 5.91. The lowest BCUT2D eigenvalue weighted by Crippen LogP contribution is -2.23. The molecular formula is C17H13BrN2O2. The van der Waals surface area contributed by atoms with Crippen molar-refractivity contribution in [3.8, 4) is 0 Å². The van der Waals surface area contributed by atoms with Crippen molar-refractivity contribution in [2.24, 2.45) is 0 Å². The molecule has 0 saturated carbocycles. The first kappa shape index (κ1) is 14.5. The van der Waals surface area contributed by atoms with Crippen LogP contribution in [0.15, 0.2) is 53.1 Å². The van der Waals surface area contributed by atoms with Crippen LogP contribution in [0.1, 0.15) is 15.9 Å². The number of carbonyl (C=O) groups excluding carboxylic acids is 2. The van der Waals surface area contributed by atoms with Gasteiger partial charge in [-0.15, -0.1) is 0 Å². The van der Waals surface area contributed by atoms with E-state index >= 15 is 0 Å². The number of para-hydroxylation sites is 1. The zero-order chi connectivity index (χ0) is 15.7. The fraction of sp³-hybridized carbons (Fsp3) is 0.0588. The highest BCUT2D eigenvalue weighted by molar-refractivity contribution is 9.10. The molecule has 0 aliphatic carbocycles. The average Bonchev–Trinajstić information content (AvgIpc) is 2.93. The molecule has 110 valence electrons. The molecule has 0 aliphatic rings. The van der Waals surface area contributed by atoms with Gasteiger partial charge in [0, 0.05) is 27.3 Å². The van der Waals surface area contributed by atoms with Crippen molar-refractivity contribution in [3.05, 3.63) is 64.3 Å². The van der Waals surface area contributed by atoms with E-state index < -0.39 is 11.7 Å². The van der Waals surface area contributed by atoms with Gasteiger partial charge < -0.3 is 10.3 Å². The van der Waals surface area contributed by atoms with E-state index in [1.165, 1.54) is 0 Å². The van der Waals surface area contributed by atoms with Gasteiger partial charge in [-0.2, -0.15) is 0 Å². The standard InChI is InChI=1S/C17H13BrN2O2/c1-10-8-11(18)6-7-14(10)20-17(22)16(21)13-9-19-15-5-3-2-4-12(13)15/h2-9,19H,1H3,(H,20,22). The number of hydrogen-bond donors (Lipinski definition) is 2. The number of aromatic amines is 1. The summed E-state index contributed by atoms with van der Waals surface area (Å²) in [4.78, 5) is 27.6. The van der Waals surface area contributed by atoms with Gasteiger partial charge in [-0.05, 0) is 36.8 Å². The van der Waals surface area contributed by atoms with Crippen molar-refractivity contribution in [1.29, 1.82) is 0 Å². The maximum atomic E-state index is 12.4. The summed E-state index contributed by atoms with van der Waals surface area (Å²) in [5, 5.41) is 3.41. The van der Waals surface area contributed by atoms with Crippen LogP contribution < -0.4 is 5.32 Å². The van der Waals surface area contributed by atoms with Crippen molar-refractivity contribution >= 4 is 44.2 Å². The molecule has 2 N–H and O–H groups in total. The average molecular weight is 357 g/mol. The molecule has 0 bridgehead atoms. The summed E-state index contributed by atoms with van der Waals surface area (Å²) in [6, 6.07) is 12.9. The van der Waals surface area contributed by atoms with E-state index in [0.717, 1.165) is 20.9 Å². The van der Waals surface area contributed by atoms with Crippen molar-refractivity contribution in [1.82, 2.24) is 4.98 Å². The predicted molar refractivity (Wildman–Crippen MR) is 90.1 cm³/mol. The topological polar surface area (TPSA) is 62.0 Å². The van der Waals surface area contributed by atoms with E-state index in [1.807, 2.05) is 43.3 Å². The number of Topliss-reactive ketones (excluding diaryl/α,β-unsaturated/α-hetero) is 1. The highest BCUT2D eigenvalue weighted by Crippen LogP contribution is 2.22. The van der Waals surface area contributed by atoms with Crippen LogP contribution in [0.2, 0.25) is 0 Å². The Hall–Kier alpha value is -2.40. The van der Waals surface area contributed by atoms with Gasteiger partial charge in [0.2, 0.25) is 0 Å². The van der Waals surface area contributed by atoms with E-state index in [4.69, 9.17) is 0 Å². The smallest absolute Gasteiger partial charge is 0.296 e. The van der Waals surface area contributed by atoms with Crippen LogP contribution in [-0.2, 0) is 4.79 Å². The first-order chi connectivity index (χ1) is 10.6. The third-order valence-corrected chi connectivity index (χ3v) is 3.97. The van der Waals surface area contributed by atoms with Crippen molar-refractivity contribution in [2.75, 3.05) is 5.32 Å². The van der Waals surface area contributed by atoms with Gasteiger partial charge in [0.25, 0.3) is 11.7 Å². The van der Waals surface area contributed by atoms with Gasteiger partial charge in [0.05, 0.1) is 5.56 Å². The number of anilines is 1. The third-order valence-electron chi connectivity index (χ3n) is 3.48. The number of halogens is 1. The Morgan fingerprint density at radius 3 is 2.68 bits per heavy atom. The minimum absolute atomic E-state index is 0.378. The Bertz CT molecular complexity index is 883. The van der Waals surface area contributed by atoms with Crippen LogP contribution in [0.3, 0.4) is 0 Å². The largest absolute Gasteiger partial charge is 0.360 e. The number of H-pyrrole nitrogens is 1. The van der Waals surface area contributed by atoms with Crippen LogP contribution in [0, 0.1) is 6.92 Å². The number of aromatic nitrogens is 1. The molecule has 1 amide bonds. The van der Waals surface area contributed by atoms with Crippen LogP contribution in [0.25, 0.3) is 10.9 Å². The Morgan fingerprint density at radius 1 is 1.14 bits per heavy atom. The summed E-state index contributed by atoms with van der Waals surface area (Å²) in [6.45, 7) is 1.87. The molecule has 0 saturated heterocycles. The number of nitrogens with one attached hydrogen (secondary N) is 2. The van der Waals surface area contributed by atoms with E-state index in [2.05, 4.69) is 26.2 Å². The first-order valence-electron chi connectivity index (χ1n) is 6.74. The lowest BCUT2D eigenvalue weighted by molar-refractivity contribution is -0.112. The summed E-state index contributed by atoms with van der Waals surface area (Å²) in [5.41, 5.74) is 2.72. The van der Waals surface area contributed by atoms with Gasteiger partial charge in [0.1, 0.15) is 0 Å². The molecule has 0 atom stereocenters. The molecule has 0 spiro atoms. The fourth-order valence-electron chi connectivity index (χ4n) is 2.33. The monoisotopic (exact) mass is 356 g/mol. The van der Waals surface area contributed by atoms with E-state index in [1.54, 1.807) is 12.3 Å². The van der Waals surface area contributed by atoms with Gasteiger partial charge in [-0.25, -0.2) is 0 Å². The Labute approximate surface area is 135 Å². The molecule has 1 aromatic heterocycles. The summed E-state index contributed by atoms with van der Waals surface area (Å²) in [5.74, 6) is -1.20. The molecule has 0 unspecified atom stereocenters. The highest BCUT2D eigenvalue weighted by Gasteiger charge is 2.20. The van der Waals surface area contributed by atoms with Crippen molar-refractivity contribution in [2.45, 2.75) is 6.92 Å². The number of benzene rings is 2. The highest BCUT2D eigenvalue weighted by atomic mass is 79.9. The van der Waals surface area contributed by atoms with E-state index in [9.17, 15) is 9.59 Å². The van der Waals surface area contributed by atoms with Gasteiger partial charge in [-0.3, -0.25) is 9.59 Å². The van der Waals surface area contributed by atoms with E-state index in [0.29, 0.717) is 11.3 Å². The SMILES string of the molecule is Cc1cc(Br)ccc1NC(=O)C(=O)c1c[nH]c2ccccc12. The van der Waals surface area contributed by atoms with Gasteiger partial charge >= 0.3 is 0 Å². The molecule has 0 aliphatic heterocycles. The van der Waals surface area contributed by atoms with Gasteiger partial charge in [-0.1, -0.05) is 34.1 Å². The lowest BCUT2D eigenvalue weighted by Gasteiger charge is -2.07. The summed E-state index contributed by atoms with van der Waals surface area (Å²) in [7, 11) is 0. The predicted octanol–water partition coefficient (Wildman–Crippen LogP) is 4.06. The number of fused-ring (bicyclic) bond motifs is 1. The molecule has 1 heterocycles. The molecular weight excluding hydrogens is 344 g/mol. The van der Waals surface area contributed by atoms with Crippen molar-refractivity contribution in [3.63, 3.8) is 0 Å². The molecule has 22 heavy (non-hydrogen) atoms. The number of aryl methyl sites for hydroxylation is 1. The molecule has 0 fully saturated rings. The molecule has 3 rings (SSSR count). The van der Waals surface area contributed by atoms with Crippen LogP contribution in [0.5, 0.6) is 0 Å². The van der Waals surface area contributed by atoms with Crippen LogP contribution in [-0.4, -0.2) is 16.7 Å². The maximum Gasteiger partial charge on any atom is 0.296 e. The number of carbonyl (C=O) groups is 2. The Balaban J connectivity index is 1.87. The van der Waals surface area contributed by atoms with E-state index in [-0.39, 0.29) is 0 Å². The normalized spacial score (nSPS) is 10.6. The summed E-state index contributed by atoms with van der Waals surface area (Å²) < 4.78 is 0.922. The quantitative estimate of drug-likeness (QED) is 0.549. The molecule has 3 aromatic rings. The zero-order valence-corrected chi connectivity index (χ0v) is 13.4. The number of amides is 1. The minimum atomic E-state index is -0.643. The number of hydrogen-bond acceptors (Lipinski definition) is 2. The van der Waals surface area contributed by atoms with Crippen LogP contribution >= 0.6 is 15.9 Å². The Kier molecular flexibility index (Phi) is 3.81. The molecule has 2 aromatic carbocycles. The third kappa shape index (κ3) is 2.67. The van der Waals surface area contributed by atoms with Gasteiger partial charge in [0.15, 0.2) is 0 Å². The van der Waals surface area contributed by atoms with Crippen molar-refractivity contribution < 1.29 is 9.59 Å². The lowest BCUT2D eigenvalue weighted by atomic mass is 10.1.